The van der Waals surface area contributed by atoms with E-state index in [1.165, 1.54) is 5.56 Å². The Morgan fingerprint density at radius 2 is 2.16 bits per heavy atom. The highest BCUT2D eigenvalue weighted by Crippen LogP contribution is 2.43. The topological polar surface area (TPSA) is 68.5 Å². The second-order valence-corrected chi connectivity index (χ2v) is 6.87. The summed E-state index contributed by atoms with van der Waals surface area (Å²) in [4.78, 5) is 19.3. The number of pyridine rings is 1. The van der Waals surface area contributed by atoms with E-state index in [1.807, 2.05) is 31.3 Å². The van der Waals surface area contributed by atoms with E-state index in [-0.39, 0.29) is 17.7 Å². The summed E-state index contributed by atoms with van der Waals surface area (Å²) in [5.41, 5.74) is 11.2. The summed E-state index contributed by atoms with van der Waals surface area (Å²) >= 11 is 0. The number of rotatable bonds is 2. The maximum absolute atomic E-state index is 12.8. The number of aromatic nitrogens is 1. The summed E-state index contributed by atoms with van der Waals surface area (Å²) in [7, 11) is 0. The molecule has 2 aliphatic heterocycles. The van der Waals surface area contributed by atoms with Gasteiger partial charge in [-0.15, -0.1) is 0 Å². The van der Waals surface area contributed by atoms with Crippen LogP contribution in [0.1, 0.15) is 30.4 Å². The maximum atomic E-state index is 12.8. The summed E-state index contributed by atoms with van der Waals surface area (Å²) in [5, 5.41) is 0. The lowest BCUT2D eigenvalue weighted by Crippen LogP contribution is -2.47. The van der Waals surface area contributed by atoms with Crippen LogP contribution in [0.4, 0.5) is 11.5 Å². The number of fused-ring (bicyclic) bond motifs is 3. The molecule has 2 aliphatic rings. The molecule has 1 fully saturated rings. The van der Waals surface area contributed by atoms with Gasteiger partial charge in [-0.25, -0.2) is 4.98 Å². The predicted molar refractivity (Wildman–Crippen MR) is 98.5 cm³/mol. The molecule has 2 aromatic rings. The van der Waals surface area contributed by atoms with Crippen molar-refractivity contribution >= 4 is 17.4 Å². The van der Waals surface area contributed by atoms with Crippen LogP contribution in [-0.4, -0.2) is 30.6 Å². The van der Waals surface area contributed by atoms with Gasteiger partial charge in [0.15, 0.2) is 0 Å². The third-order valence-electron chi connectivity index (χ3n) is 5.38. The lowest BCUT2D eigenvalue weighted by atomic mass is 9.78. The first-order valence-electron chi connectivity index (χ1n) is 8.85. The first kappa shape index (κ1) is 16.1. The molecule has 0 spiro atoms. The molecular formula is C20H23N3O2. The second kappa shape index (κ2) is 6.15. The van der Waals surface area contributed by atoms with Crippen molar-refractivity contribution in [3.63, 3.8) is 0 Å². The zero-order valence-corrected chi connectivity index (χ0v) is 14.7. The summed E-state index contributed by atoms with van der Waals surface area (Å²) in [5.74, 6) is 1.04. The van der Waals surface area contributed by atoms with Crippen LogP contribution in [0.3, 0.4) is 0 Å². The van der Waals surface area contributed by atoms with E-state index >= 15 is 0 Å². The van der Waals surface area contributed by atoms with Gasteiger partial charge in [-0.1, -0.05) is 6.07 Å². The van der Waals surface area contributed by atoms with Gasteiger partial charge in [-0.05, 0) is 55.2 Å². The van der Waals surface area contributed by atoms with E-state index in [0.29, 0.717) is 19.8 Å². The van der Waals surface area contributed by atoms with Gasteiger partial charge < -0.3 is 10.5 Å². The molecule has 0 unspecified atom stereocenters. The molecule has 1 amide bonds. The summed E-state index contributed by atoms with van der Waals surface area (Å²) in [6.07, 6.45) is 2.72. The fourth-order valence-electron chi connectivity index (χ4n) is 4.03. The Hall–Kier alpha value is -2.40. The Labute approximate surface area is 147 Å². The number of benzene rings is 1. The van der Waals surface area contributed by atoms with Crippen LogP contribution in [0.2, 0.25) is 0 Å². The summed E-state index contributed by atoms with van der Waals surface area (Å²) in [6, 6.07) is 8.13. The van der Waals surface area contributed by atoms with E-state index in [2.05, 4.69) is 18.0 Å². The Morgan fingerprint density at radius 3 is 2.96 bits per heavy atom. The molecule has 0 radical (unpaired) electrons. The molecule has 5 nitrogen and oxygen atoms in total. The molecule has 0 saturated carbocycles. The number of nitrogens with two attached hydrogens (primary N) is 1. The van der Waals surface area contributed by atoms with Crippen LogP contribution < -0.4 is 10.6 Å². The lowest BCUT2D eigenvalue weighted by Gasteiger charge is -2.40. The third-order valence-corrected chi connectivity index (χ3v) is 5.38. The highest BCUT2D eigenvalue weighted by atomic mass is 16.5. The zero-order valence-electron chi connectivity index (χ0n) is 14.7. The Morgan fingerprint density at radius 1 is 1.32 bits per heavy atom. The highest BCUT2D eigenvalue weighted by Gasteiger charge is 2.42. The number of anilines is 2. The van der Waals surface area contributed by atoms with Crippen molar-refractivity contribution in [3.8, 4) is 11.1 Å². The molecule has 1 aromatic heterocycles. The molecule has 25 heavy (non-hydrogen) atoms. The van der Waals surface area contributed by atoms with E-state index in [0.717, 1.165) is 34.6 Å². The molecule has 0 bridgehead atoms. The second-order valence-electron chi connectivity index (χ2n) is 6.87. The number of carbonyl (C=O) groups excluding carboxylic acids is 1. The molecule has 2 atom stereocenters. The fourth-order valence-corrected chi connectivity index (χ4v) is 4.03. The Bertz CT molecular complexity index is 834. The summed E-state index contributed by atoms with van der Waals surface area (Å²) < 4.78 is 5.58. The van der Waals surface area contributed by atoms with Crippen molar-refractivity contribution in [1.29, 1.82) is 0 Å². The number of aryl methyl sites for hydroxylation is 1. The van der Waals surface area contributed by atoms with Gasteiger partial charge >= 0.3 is 0 Å². The average Bonchev–Trinajstić information content (AvgIpc) is 2.64. The standard InChI is InChI=1S/C20H23N3O2/c1-3-23-19-17(15-6-7-25-11-18(15)20(23)24)8-13(10-22-19)16-9-14(21)5-4-12(16)2/h4-5,8-10,15,18H,3,6-7,11,21H2,1-2H3/t15-,18+/m0/s1. The van der Waals surface area contributed by atoms with Crippen molar-refractivity contribution in [2.75, 3.05) is 30.4 Å². The maximum Gasteiger partial charge on any atom is 0.234 e. The van der Waals surface area contributed by atoms with E-state index in [1.54, 1.807) is 4.90 Å². The van der Waals surface area contributed by atoms with Gasteiger partial charge in [0.05, 0.1) is 12.5 Å². The van der Waals surface area contributed by atoms with Gasteiger partial charge in [0, 0.05) is 36.5 Å². The zero-order chi connectivity index (χ0) is 17.6. The van der Waals surface area contributed by atoms with Crippen LogP contribution >= 0.6 is 0 Å². The van der Waals surface area contributed by atoms with Crippen molar-refractivity contribution in [1.82, 2.24) is 4.98 Å². The molecule has 130 valence electrons. The smallest absolute Gasteiger partial charge is 0.234 e. The average molecular weight is 337 g/mol. The number of nitrogen functional groups attached to an aromatic ring is 1. The lowest BCUT2D eigenvalue weighted by molar-refractivity contribution is -0.128. The number of carbonyl (C=O) groups is 1. The molecule has 1 saturated heterocycles. The number of hydrogen-bond donors (Lipinski definition) is 1. The van der Waals surface area contributed by atoms with Gasteiger partial charge in [0.1, 0.15) is 5.82 Å². The molecule has 3 heterocycles. The molecule has 2 N–H and O–H groups in total. The third kappa shape index (κ3) is 2.59. The monoisotopic (exact) mass is 337 g/mol. The quantitative estimate of drug-likeness (QED) is 0.855. The molecule has 0 aliphatic carbocycles. The number of ether oxygens (including phenoxy) is 1. The highest BCUT2D eigenvalue weighted by molar-refractivity contribution is 5.98. The number of amides is 1. The van der Waals surface area contributed by atoms with E-state index in [9.17, 15) is 4.79 Å². The minimum absolute atomic E-state index is 0.0970. The molecular weight excluding hydrogens is 314 g/mol. The van der Waals surface area contributed by atoms with Crippen LogP contribution in [0.25, 0.3) is 11.1 Å². The fraction of sp³-hybridized carbons (Fsp3) is 0.400. The number of hydrogen-bond acceptors (Lipinski definition) is 4. The van der Waals surface area contributed by atoms with Crippen molar-refractivity contribution in [2.24, 2.45) is 5.92 Å². The van der Waals surface area contributed by atoms with Crippen molar-refractivity contribution in [3.05, 3.63) is 41.6 Å². The minimum Gasteiger partial charge on any atom is -0.399 e. The normalized spacial score (nSPS) is 22.5. The van der Waals surface area contributed by atoms with Crippen molar-refractivity contribution < 1.29 is 9.53 Å². The molecule has 4 rings (SSSR count). The van der Waals surface area contributed by atoms with Gasteiger partial charge in [-0.2, -0.15) is 0 Å². The van der Waals surface area contributed by atoms with Crippen LogP contribution in [-0.2, 0) is 9.53 Å². The van der Waals surface area contributed by atoms with E-state index < -0.39 is 0 Å². The van der Waals surface area contributed by atoms with Gasteiger partial charge in [0.2, 0.25) is 5.91 Å². The Balaban J connectivity index is 1.86. The molecule has 5 heteroatoms. The van der Waals surface area contributed by atoms with Gasteiger partial charge in [0.25, 0.3) is 0 Å². The van der Waals surface area contributed by atoms with Crippen LogP contribution in [0, 0.1) is 12.8 Å². The largest absolute Gasteiger partial charge is 0.399 e. The predicted octanol–water partition coefficient (Wildman–Crippen LogP) is 3.13. The van der Waals surface area contributed by atoms with Crippen LogP contribution in [0.5, 0.6) is 0 Å². The summed E-state index contributed by atoms with van der Waals surface area (Å²) in [6.45, 7) is 5.89. The Kier molecular flexibility index (Phi) is 3.96. The van der Waals surface area contributed by atoms with E-state index in [4.69, 9.17) is 10.5 Å². The SMILES string of the molecule is CCN1C(=O)[C@@H]2COCC[C@H]2c2cc(-c3cc(N)ccc3C)cnc21. The van der Waals surface area contributed by atoms with Gasteiger partial charge in [-0.3, -0.25) is 9.69 Å². The minimum atomic E-state index is -0.0970. The number of nitrogens with zero attached hydrogens (tertiary/aromatic N) is 2. The van der Waals surface area contributed by atoms with Crippen molar-refractivity contribution in [2.45, 2.75) is 26.2 Å². The first-order chi connectivity index (χ1) is 12.1. The van der Waals surface area contributed by atoms with Crippen LogP contribution in [0.15, 0.2) is 30.5 Å². The molecule has 1 aromatic carbocycles. The first-order valence-corrected chi connectivity index (χ1v) is 8.85.